The van der Waals surface area contributed by atoms with Gasteiger partial charge in [0.1, 0.15) is 0 Å². The minimum atomic E-state index is -3.65. The summed E-state index contributed by atoms with van der Waals surface area (Å²) < 4.78 is 454. The van der Waals surface area contributed by atoms with E-state index < -0.39 is 282 Å². The number of rotatable bonds is 12. The van der Waals surface area contributed by atoms with Gasteiger partial charge in [-0.05, 0) is 19.0 Å². The third kappa shape index (κ3) is 9.41. The Morgan fingerprint density at radius 2 is 0.256 bits per heavy atom. The van der Waals surface area contributed by atoms with Gasteiger partial charge in [0.2, 0.25) is 34.9 Å². The summed E-state index contributed by atoms with van der Waals surface area (Å²) in [6, 6.07) is 0. The molecule has 414 valence electrons. The largest absolute Gasteiger partial charge is 0.353 e. The van der Waals surface area contributed by atoms with Gasteiger partial charge in [-0.3, -0.25) is 0 Å². The van der Waals surface area contributed by atoms with Gasteiger partial charge in [-0.25, -0.2) is 132 Å². The summed E-state index contributed by atoms with van der Waals surface area (Å²) in [6.07, 6.45) is -7.77. The Kier molecular flexibility index (Phi) is 16.3. The van der Waals surface area contributed by atoms with Crippen molar-refractivity contribution in [1.29, 1.82) is 0 Å². The van der Waals surface area contributed by atoms with Crippen LogP contribution in [0.25, 0.3) is 0 Å². The molecule has 0 amide bonds. The van der Waals surface area contributed by atoms with E-state index in [-0.39, 0.29) is 0 Å². The molecule has 36 heteroatoms. The van der Waals surface area contributed by atoms with E-state index >= 15 is 52.7 Å². The molecule has 6 aromatic carbocycles. The molecule has 1 saturated heterocycles. The van der Waals surface area contributed by atoms with Crippen LogP contribution in [0.2, 0.25) is 0 Å². The Bertz CT molecular complexity index is 2740. The van der Waals surface area contributed by atoms with Crippen molar-refractivity contribution in [2.75, 3.05) is 0 Å². The predicted octanol–water partition coefficient (Wildman–Crippen LogP) is 12.5. The van der Waals surface area contributed by atoms with E-state index in [0.717, 1.165) is 0 Å². The summed E-state index contributed by atoms with van der Waals surface area (Å²) in [5, 5.41) is 0. The number of nitrogens with zero attached hydrogens (tertiary/aromatic N) is 3. The normalized spacial score (nSPS) is 13.8. The van der Waals surface area contributed by atoms with E-state index in [0.29, 0.717) is 0 Å². The Hall–Kier alpha value is -6.71. The maximum absolute atomic E-state index is 15.8. The molecule has 0 bridgehead atoms. The lowest BCUT2D eigenvalue weighted by molar-refractivity contribution is 0.335. The zero-order chi connectivity index (χ0) is 58.5. The van der Waals surface area contributed by atoms with Crippen LogP contribution in [0.4, 0.5) is 132 Å². The fraction of sp³-hybridized carbons (Fsp3) is 0.143. The standard InChI is InChI=1S/C42H12B3F30N3/c46-13-7(14(47)26(59)37(70)25(13)58)1-43-76(4-10-19(52)31(64)40(73)32(65)20(10)53)44(2-8-15(48)27(60)38(71)28(61)16(8)49)78(6-12-23(56)35(68)42(75)36(69)24(12)57)45(3-9-17(50)29(62)39(72)30(63)18(9)51)77(43)5-11-21(54)33(66)41(74)34(67)22(11)55/h1-6H2. The Balaban J connectivity index is 1.74. The lowest BCUT2D eigenvalue weighted by Gasteiger charge is -2.55. The Morgan fingerprint density at radius 3 is 0.385 bits per heavy atom. The second-order valence-corrected chi connectivity index (χ2v) is 16.4. The molecule has 1 aliphatic heterocycles. The smallest absolute Gasteiger partial charge is 0.295 e. The molecule has 0 aliphatic carbocycles. The third-order valence-electron chi connectivity index (χ3n) is 12.3. The highest BCUT2D eigenvalue weighted by molar-refractivity contribution is 6.85. The Labute approximate surface area is 413 Å². The summed E-state index contributed by atoms with van der Waals surface area (Å²) in [5.74, 6) is -93.5. The van der Waals surface area contributed by atoms with Crippen LogP contribution in [0.1, 0.15) is 33.4 Å². The van der Waals surface area contributed by atoms with Crippen LogP contribution >= 0.6 is 0 Å². The van der Waals surface area contributed by atoms with Crippen molar-refractivity contribution in [1.82, 2.24) is 14.2 Å². The number of hydrogen-bond donors (Lipinski definition) is 0. The maximum Gasteiger partial charge on any atom is 0.295 e. The van der Waals surface area contributed by atoms with Crippen LogP contribution in [0.5, 0.6) is 0 Å². The van der Waals surface area contributed by atoms with Crippen molar-refractivity contribution in [2.45, 2.75) is 38.6 Å². The monoisotopic (exact) mass is 1160 g/mol. The van der Waals surface area contributed by atoms with Gasteiger partial charge >= 0.3 is 0 Å². The van der Waals surface area contributed by atoms with Crippen molar-refractivity contribution in [3.63, 3.8) is 0 Å². The van der Waals surface area contributed by atoms with Crippen LogP contribution in [-0.2, 0) is 38.6 Å². The summed E-state index contributed by atoms with van der Waals surface area (Å²) in [5.41, 5.74) is -15.0. The van der Waals surface area contributed by atoms with Gasteiger partial charge in [0.05, 0.1) is 0 Å². The quantitative estimate of drug-likeness (QED) is 0.0523. The van der Waals surface area contributed by atoms with Crippen molar-refractivity contribution < 1.29 is 132 Å². The van der Waals surface area contributed by atoms with Crippen LogP contribution in [0.3, 0.4) is 0 Å². The molecule has 1 heterocycles. The van der Waals surface area contributed by atoms with Crippen LogP contribution in [0, 0.1) is 175 Å². The molecule has 1 aliphatic rings. The second kappa shape index (κ2) is 21.5. The van der Waals surface area contributed by atoms with Gasteiger partial charge in [-0.2, -0.15) is 0 Å². The topological polar surface area (TPSA) is 9.72 Å². The summed E-state index contributed by atoms with van der Waals surface area (Å²) in [7, 11) is 0. The summed E-state index contributed by atoms with van der Waals surface area (Å²) in [4.78, 5) is 0. The molecular weight excluding hydrogens is 1150 g/mol. The minimum Gasteiger partial charge on any atom is -0.353 e. The van der Waals surface area contributed by atoms with Gasteiger partial charge in [0.25, 0.3) is 20.9 Å². The van der Waals surface area contributed by atoms with E-state index in [1.165, 1.54) is 0 Å². The molecule has 0 saturated carbocycles. The molecular formula is C42H12B3F30N3. The molecule has 0 aromatic heterocycles. The van der Waals surface area contributed by atoms with E-state index in [9.17, 15) is 79.0 Å². The van der Waals surface area contributed by atoms with Gasteiger partial charge < -0.3 is 14.2 Å². The molecule has 1 fully saturated rings. The molecule has 78 heavy (non-hydrogen) atoms. The average Bonchev–Trinajstić information content (AvgIpc) is 3.48. The predicted molar refractivity (Wildman–Crippen MR) is 202 cm³/mol. The van der Waals surface area contributed by atoms with E-state index in [1.807, 2.05) is 0 Å². The van der Waals surface area contributed by atoms with Crippen molar-refractivity contribution in [3.05, 3.63) is 208 Å². The maximum atomic E-state index is 15.8. The molecule has 7 rings (SSSR count). The summed E-state index contributed by atoms with van der Waals surface area (Å²) in [6.45, 7) is -18.9. The highest BCUT2D eigenvalue weighted by atomic mass is 19.2. The first-order chi connectivity index (χ1) is 36.2. The minimum absolute atomic E-state index is 0.596. The highest BCUT2D eigenvalue weighted by Crippen LogP contribution is 2.39. The zero-order valence-corrected chi connectivity index (χ0v) is 36.7. The first-order valence-corrected chi connectivity index (χ1v) is 20.5. The lowest BCUT2D eigenvalue weighted by atomic mass is 9.38. The molecule has 3 nitrogen and oxygen atoms in total. The molecule has 0 unspecified atom stereocenters. The SMILES string of the molecule is Fc1c(F)c(F)c(CB2N(Cc3c(F)c(F)c(F)c(F)c3F)B(Cc3c(F)c(F)c(F)c(F)c3F)N(Cc3c(F)c(F)c(F)c(F)c3F)B(Cc3c(F)c(F)c(F)c(F)c3F)N2Cc2c(F)c(F)c(F)c(F)c2F)c(F)c1F. The van der Waals surface area contributed by atoms with E-state index in [4.69, 9.17) is 0 Å². The molecule has 0 spiro atoms. The fourth-order valence-electron chi connectivity index (χ4n) is 8.45. The van der Waals surface area contributed by atoms with Gasteiger partial charge in [0.15, 0.2) is 140 Å². The van der Waals surface area contributed by atoms with E-state index in [2.05, 4.69) is 0 Å². The van der Waals surface area contributed by atoms with Crippen molar-refractivity contribution in [2.24, 2.45) is 0 Å². The average molecular weight is 1160 g/mol. The number of halogens is 30. The van der Waals surface area contributed by atoms with Gasteiger partial charge in [-0.15, -0.1) is 0 Å². The first kappa shape index (κ1) is 59.0. The zero-order valence-electron chi connectivity index (χ0n) is 36.7. The van der Waals surface area contributed by atoms with Crippen molar-refractivity contribution in [3.8, 4) is 0 Å². The summed E-state index contributed by atoms with van der Waals surface area (Å²) >= 11 is 0. The number of hydrogen-bond acceptors (Lipinski definition) is 3. The Morgan fingerprint density at radius 1 is 0.154 bits per heavy atom. The van der Waals surface area contributed by atoms with Crippen LogP contribution < -0.4 is 0 Å². The molecule has 0 radical (unpaired) electrons. The molecule has 0 atom stereocenters. The highest BCUT2D eigenvalue weighted by Gasteiger charge is 2.56. The molecule has 0 N–H and O–H groups in total. The molecule has 6 aromatic rings. The first-order valence-electron chi connectivity index (χ1n) is 20.5. The lowest BCUT2D eigenvalue weighted by Crippen LogP contribution is -2.78. The second-order valence-electron chi connectivity index (χ2n) is 16.4. The van der Waals surface area contributed by atoms with Gasteiger partial charge in [-0.1, -0.05) is 0 Å². The van der Waals surface area contributed by atoms with Gasteiger partial charge in [0, 0.05) is 53.0 Å². The van der Waals surface area contributed by atoms with Crippen LogP contribution in [0.15, 0.2) is 0 Å². The number of benzene rings is 6. The third-order valence-corrected chi connectivity index (χ3v) is 12.3. The van der Waals surface area contributed by atoms with Crippen molar-refractivity contribution >= 4 is 20.9 Å². The van der Waals surface area contributed by atoms with Crippen LogP contribution in [-0.4, -0.2) is 35.1 Å². The fourth-order valence-corrected chi connectivity index (χ4v) is 8.45. The van der Waals surface area contributed by atoms with E-state index in [1.54, 1.807) is 0 Å².